The summed E-state index contributed by atoms with van der Waals surface area (Å²) < 4.78 is 16.0. The monoisotopic (exact) mass is 425 g/mol. The molecule has 1 saturated heterocycles. The summed E-state index contributed by atoms with van der Waals surface area (Å²) >= 11 is 0. The number of hydrogen-bond donors (Lipinski definition) is 2. The number of carbonyl (C=O) groups excluding carboxylic acids is 2. The van der Waals surface area contributed by atoms with Crippen LogP contribution in [0.25, 0.3) is 6.08 Å². The molecular formula is C23H27N3O5. The number of benzene rings is 2. The summed E-state index contributed by atoms with van der Waals surface area (Å²) in [5.74, 6) is 0.0351. The molecule has 2 amide bonds. The van der Waals surface area contributed by atoms with E-state index in [1.54, 1.807) is 24.3 Å². The van der Waals surface area contributed by atoms with Crippen molar-refractivity contribution in [2.24, 2.45) is 5.73 Å². The Morgan fingerprint density at radius 1 is 1.16 bits per heavy atom. The van der Waals surface area contributed by atoms with Gasteiger partial charge in [-0.2, -0.15) is 0 Å². The minimum atomic E-state index is -0.572. The van der Waals surface area contributed by atoms with E-state index in [4.69, 9.17) is 19.9 Å². The van der Waals surface area contributed by atoms with E-state index in [9.17, 15) is 9.59 Å². The van der Waals surface area contributed by atoms with E-state index in [0.29, 0.717) is 11.5 Å². The topological polar surface area (TPSA) is 103 Å². The summed E-state index contributed by atoms with van der Waals surface area (Å²) in [6.07, 6.45) is 3.13. The number of anilines is 1. The van der Waals surface area contributed by atoms with Gasteiger partial charge in [-0.25, -0.2) is 0 Å². The maximum atomic E-state index is 12.4. The zero-order valence-electron chi connectivity index (χ0n) is 17.5. The van der Waals surface area contributed by atoms with Crippen LogP contribution in [-0.4, -0.2) is 56.7 Å². The van der Waals surface area contributed by atoms with Gasteiger partial charge >= 0.3 is 0 Å². The van der Waals surface area contributed by atoms with Gasteiger partial charge in [-0.1, -0.05) is 18.2 Å². The van der Waals surface area contributed by atoms with Crippen LogP contribution in [0.3, 0.4) is 0 Å². The molecule has 0 saturated carbocycles. The molecule has 0 aromatic heterocycles. The largest absolute Gasteiger partial charge is 0.493 e. The maximum absolute atomic E-state index is 12.4. The maximum Gasteiger partial charge on any atom is 0.255 e. The molecule has 1 aliphatic rings. The second-order valence-corrected chi connectivity index (χ2v) is 7.08. The molecule has 8 nitrogen and oxygen atoms in total. The summed E-state index contributed by atoms with van der Waals surface area (Å²) in [6.45, 7) is 3.92. The molecule has 1 aliphatic heterocycles. The highest BCUT2D eigenvalue weighted by Crippen LogP contribution is 2.28. The molecule has 0 atom stereocenters. The lowest BCUT2D eigenvalue weighted by Gasteiger charge is -2.26. The number of primary amides is 1. The van der Waals surface area contributed by atoms with Crippen molar-refractivity contribution in [1.29, 1.82) is 0 Å². The number of carbonyl (C=O) groups is 2. The minimum absolute atomic E-state index is 0.238. The van der Waals surface area contributed by atoms with Crippen molar-refractivity contribution in [3.05, 3.63) is 59.7 Å². The van der Waals surface area contributed by atoms with Crippen LogP contribution in [0.2, 0.25) is 0 Å². The van der Waals surface area contributed by atoms with Crippen LogP contribution >= 0.6 is 0 Å². The van der Waals surface area contributed by atoms with E-state index >= 15 is 0 Å². The molecule has 1 heterocycles. The Labute approximate surface area is 181 Å². The summed E-state index contributed by atoms with van der Waals surface area (Å²) in [7, 11) is 1.50. The van der Waals surface area contributed by atoms with Gasteiger partial charge in [0.05, 0.1) is 20.3 Å². The lowest BCUT2D eigenvalue weighted by Crippen LogP contribution is -2.35. The minimum Gasteiger partial charge on any atom is -0.493 e. The van der Waals surface area contributed by atoms with Crippen LogP contribution in [0.15, 0.2) is 48.5 Å². The Hall–Kier alpha value is -3.36. The van der Waals surface area contributed by atoms with Crippen molar-refractivity contribution in [2.75, 3.05) is 45.3 Å². The van der Waals surface area contributed by atoms with E-state index in [-0.39, 0.29) is 12.5 Å². The number of amides is 2. The van der Waals surface area contributed by atoms with E-state index < -0.39 is 5.91 Å². The lowest BCUT2D eigenvalue weighted by atomic mass is 10.1. The molecule has 2 aromatic rings. The average molecular weight is 425 g/mol. The molecule has 3 rings (SSSR count). The van der Waals surface area contributed by atoms with Gasteiger partial charge in [0.25, 0.3) is 5.91 Å². The third kappa shape index (κ3) is 7.13. The third-order valence-electron chi connectivity index (χ3n) is 4.69. The second-order valence-electron chi connectivity index (χ2n) is 7.08. The number of nitrogens with two attached hydrogens (primary N) is 1. The standard InChI is InChI=1S/C23H27N3O5/c1-29-21-14-17(5-7-20(21)31-16-22(24)27)6-8-23(28)25-19-4-2-3-18(13-19)15-26-9-11-30-12-10-26/h2-8,13-14H,9-12,15-16H2,1H3,(H2,24,27)(H,25,28)/b8-6+. The Morgan fingerprint density at radius 2 is 1.97 bits per heavy atom. The molecule has 2 aromatic carbocycles. The first-order valence-corrected chi connectivity index (χ1v) is 10.0. The van der Waals surface area contributed by atoms with Gasteiger partial charge in [-0.15, -0.1) is 0 Å². The van der Waals surface area contributed by atoms with Gasteiger partial charge in [0.15, 0.2) is 18.1 Å². The van der Waals surface area contributed by atoms with Crippen molar-refractivity contribution < 1.29 is 23.8 Å². The SMILES string of the molecule is COc1cc(/C=C/C(=O)Nc2cccc(CN3CCOCC3)c2)ccc1OCC(N)=O. The van der Waals surface area contributed by atoms with Crippen molar-refractivity contribution in [3.63, 3.8) is 0 Å². The molecular weight excluding hydrogens is 398 g/mol. The summed E-state index contributed by atoms with van der Waals surface area (Å²) in [5.41, 5.74) is 7.73. The van der Waals surface area contributed by atoms with E-state index in [1.807, 2.05) is 18.2 Å². The fraction of sp³-hybridized carbons (Fsp3) is 0.304. The van der Waals surface area contributed by atoms with Crippen molar-refractivity contribution in [2.45, 2.75) is 6.54 Å². The summed E-state index contributed by atoms with van der Waals surface area (Å²) in [6, 6.07) is 13.0. The zero-order valence-corrected chi connectivity index (χ0v) is 17.5. The predicted octanol–water partition coefficient (Wildman–Crippen LogP) is 2.04. The molecule has 164 valence electrons. The number of nitrogens with one attached hydrogen (secondary N) is 1. The fourth-order valence-electron chi connectivity index (χ4n) is 3.18. The van der Waals surface area contributed by atoms with Crippen LogP contribution < -0.4 is 20.5 Å². The lowest BCUT2D eigenvalue weighted by molar-refractivity contribution is -0.120. The molecule has 0 bridgehead atoms. The third-order valence-corrected chi connectivity index (χ3v) is 4.69. The molecule has 0 aliphatic carbocycles. The van der Waals surface area contributed by atoms with Gasteiger partial charge in [0.1, 0.15) is 0 Å². The highest BCUT2D eigenvalue weighted by atomic mass is 16.5. The predicted molar refractivity (Wildman–Crippen MR) is 118 cm³/mol. The normalized spacial score (nSPS) is 14.4. The van der Waals surface area contributed by atoms with Crippen molar-refractivity contribution >= 4 is 23.6 Å². The molecule has 0 spiro atoms. The van der Waals surface area contributed by atoms with E-state index in [1.165, 1.54) is 13.2 Å². The Bertz CT molecular complexity index is 939. The average Bonchev–Trinajstić information content (AvgIpc) is 2.77. The first-order chi connectivity index (χ1) is 15.0. The fourth-order valence-corrected chi connectivity index (χ4v) is 3.18. The smallest absolute Gasteiger partial charge is 0.255 e. The van der Waals surface area contributed by atoms with E-state index in [2.05, 4.69) is 16.3 Å². The van der Waals surface area contributed by atoms with Crippen LogP contribution in [0.4, 0.5) is 5.69 Å². The quantitative estimate of drug-likeness (QED) is 0.596. The molecule has 1 fully saturated rings. The van der Waals surface area contributed by atoms with Gasteiger partial charge in [0.2, 0.25) is 5.91 Å². The first-order valence-electron chi connectivity index (χ1n) is 10.0. The number of hydrogen-bond acceptors (Lipinski definition) is 6. The first kappa shape index (κ1) is 22.3. The van der Waals surface area contributed by atoms with Crippen LogP contribution in [0.1, 0.15) is 11.1 Å². The molecule has 0 unspecified atom stereocenters. The number of methoxy groups -OCH3 is 1. The summed E-state index contributed by atoms with van der Waals surface area (Å²) in [5, 5.41) is 2.89. The van der Waals surface area contributed by atoms with Gasteiger partial charge in [0, 0.05) is 31.4 Å². The zero-order chi connectivity index (χ0) is 22.1. The Kier molecular flexibility index (Phi) is 8.03. The van der Waals surface area contributed by atoms with Crippen molar-refractivity contribution in [3.8, 4) is 11.5 Å². The molecule has 31 heavy (non-hydrogen) atoms. The summed E-state index contributed by atoms with van der Waals surface area (Å²) in [4.78, 5) is 25.6. The van der Waals surface area contributed by atoms with Gasteiger partial charge in [-0.05, 0) is 41.5 Å². The Balaban J connectivity index is 1.58. The van der Waals surface area contributed by atoms with Gasteiger partial charge in [-0.3, -0.25) is 14.5 Å². The number of morpholine rings is 1. The molecule has 3 N–H and O–H groups in total. The van der Waals surface area contributed by atoms with Crippen LogP contribution in [-0.2, 0) is 20.9 Å². The van der Waals surface area contributed by atoms with E-state index in [0.717, 1.165) is 49.7 Å². The number of ether oxygens (including phenoxy) is 3. The molecule has 0 radical (unpaired) electrons. The Morgan fingerprint density at radius 3 is 2.71 bits per heavy atom. The number of rotatable bonds is 9. The van der Waals surface area contributed by atoms with Crippen LogP contribution in [0.5, 0.6) is 11.5 Å². The van der Waals surface area contributed by atoms with Gasteiger partial charge < -0.3 is 25.3 Å². The van der Waals surface area contributed by atoms with Crippen molar-refractivity contribution in [1.82, 2.24) is 4.90 Å². The highest BCUT2D eigenvalue weighted by molar-refractivity contribution is 6.02. The number of nitrogens with zero attached hydrogens (tertiary/aromatic N) is 1. The second kappa shape index (κ2) is 11.1. The highest BCUT2D eigenvalue weighted by Gasteiger charge is 2.11. The van der Waals surface area contributed by atoms with Crippen LogP contribution in [0, 0.1) is 0 Å². The molecule has 8 heteroatoms.